The first-order valence-corrected chi connectivity index (χ1v) is 9.87. The van der Waals surface area contributed by atoms with Gasteiger partial charge in [0.2, 0.25) is 0 Å². The number of aliphatic hydroxyl groups is 1. The van der Waals surface area contributed by atoms with Gasteiger partial charge >= 0.3 is 0 Å². The summed E-state index contributed by atoms with van der Waals surface area (Å²) in [6, 6.07) is 1.70. The number of alkyl halides is 2. The normalized spacial score (nSPS) is 20.0. The molecule has 3 heterocycles. The number of thiazole rings is 1. The highest BCUT2D eigenvalue weighted by Gasteiger charge is 2.30. The Labute approximate surface area is 163 Å². The van der Waals surface area contributed by atoms with Crippen molar-refractivity contribution in [2.45, 2.75) is 38.0 Å². The highest BCUT2D eigenvalue weighted by Crippen LogP contribution is 2.40. The molecule has 0 unspecified atom stereocenters. The molecule has 148 valence electrons. The van der Waals surface area contributed by atoms with Crippen molar-refractivity contribution in [3.8, 4) is 0 Å². The summed E-state index contributed by atoms with van der Waals surface area (Å²) in [6.07, 6.45) is 5.06. The molecule has 0 aromatic carbocycles. The quantitative estimate of drug-likeness (QED) is 0.674. The Balaban J connectivity index is 1.58. The molecule has 2 N–H and O–H groups in total. The number of amides is 1. The molecule has 0 spiro atoms. The lowest BCUT2D eigenvalue weighted by Crippen LogP contribution is -2.16. The third kappa shape index (κ3) is 3.61. The standard InChI is InChI=1S/C18H19F2N5O2S/c19-15(20)13-14(28-18(24-13)11-4-2-10(9-26)3-5-11)17(27)23-12-8-22-25-7-1-6-21-16(12)25/h1,6-8,10-11,15,26H,2-5,9H2,(H,23,27). The van der Waals surface area contributed by atoms with Gasteiger partial charge in [-0.25, -0.2) is 23.3 Å². The van der Waals surface area contributed by atoms with Crippen LogP contribution >= 0.6 is 11.3 Å². The lowest BCUT2D eigenvalue weighted by Gasteiger charge is -2.25. The number of carbonyl (C=O) groups excluding carboxylic acids is 1. The molecular formula is C18H19F2N5O2S. The summed E-state index contributed by atoms with van der Waals surface area (Å²) in [6.45, 7) is 0.147. The number of carbonyl (C=O) groups is 1. The van der Waals surface area contributed by atoms with Crippen LogP contribution in [0.15, 0.2) is 24.7 Å². The van der Waals surface area contributed by atoms with Crippen molar-refractivity contribution in [2.75, 3.05) is 11.9 Å². The molecule has 0 bridgehead atoms. The van der Waals surface area contributed by atoms with Crippen molar-refractivity contribution in [1.29, 1.82) is 0 Å². The van der Waals surface area contributed by atoms with E-state index >= 15 is 0 Å². The lowest BCUT2D eigenvalue weighted by atomic mass is 9.83. The number of anilines is 1. The molecule has 4 rings (SSSR count). The third-order valence-corrected chi connectivity index (χ3v) is 6.30. The van der Waals surface area contributed by atoms with Crippen LogP contribution in [0.5, 0.6) is 0 Å². The van der Waals surface area contributed by atoms with Crippen molar-refractivity contribution in [1.82, 2.24) is 19.6 Å². The van der Waals surface area contributed by atoms with E-state index in [1.807, 2.05) is 0 Å². The number of nitrogens with one attached hydrogen (secondary N) is 1. The summed E-state index contributed by atoms with van der Waals surface area (Å²) >= 11 is 1.03. The van der Waals surface area contributed by atoms with Crippen LogP contribution in [0.3, 0.4) is 0 Å². The van der Waals surface area contributed by atoms with Crippen molar-refractivity contribution in [2.24, 2.45) is 5.92 Å². The fraction of sp³-hybridized carbons (Fsp3) is 0.444. The molecule has 1 aliphatic rings. The van der Waals surface area contributed by atoms with Crippen molar-refractivity contribution >= 4 is 28.6 Å². The minimum atomic E-state index is -2.83. The van der Waals surface area contributed by atoms with E-state index in [0.29, 0.717) is 16.3 Å². The van der Waals surface area contributed by atoms with E-state index in [4.69, 9.17) is 0 Å². The maximum absolute atomic E-state index is 13.5. The SMILES string of the molecule is O=C(Nc1cnn2cccnc12)c1sc(C2CCC(CO)CC2)nc1C(F)F. The zero-order valence-corrected chi connectivity index (χ0v) is 15.7. The van der Waals surface area contributed by atoms with Crippen LogP contribution < -0.4 is 5.32 Å². The molecule has 0 radical (unpaired) electrons. The third-order valence-electron chi connectivity index (χ3n) is 5.06. The van der Waals surface area contributed by atoms with E-state index in [1.54, 1.807) is 18.5 Å². The van der Waals surface area contributed by atoms with Crippen LogP contribution in [0.4, 0.5) is 14.5 Å². The first-order chi connectivity index (χ1) is 13.6. The highest BCUT2D eigenvalue weighted by molar-refractivity contribution is 7.14. The second-order valence-electron chi connectivity index (χ2n) is 6.87. The minimum absolute atomic E-state index is 0.0468. The van der Waals surface area contributed by atoms with Gasteiger partial charge in [0.05, 0.1) is 11.2 Å². The van der Waals surface area contributed by atoms with Crippen LogP contribution in [0.25, 0.3) is 5.65 Å². The van der Waals surface area contributed by atoms with Crippen LogP contribution in [-0.2, 0) is 0 Å². The Morgan fingerprint density at radius 3 is 2.86 bits per heavy atom. The van der Waals surface area contributed by atoms with Crippen LogP contribution in [0, 0.1) is 5.92 Å². The fourth-order valence-electron chi connectivity index (χ4n) is 3.52. The van der Waals surface area contributed by atoms with Crippen LogP contribution in [-0.4, -0.2) is 37.2 Å². The van der Waals surface area contributed by atoms with Crippen molar-refractivity contribution in [3.63, 3.8) is 0 Å². The molecule has 0 atom stereocenters. The Morgan fingerprint density at radius 1 is 1.36 bits per heavy atom. The zero-order valence-electron chi connectivity index (χ0n) is 14.9. The van der Waals surface area contributed by atoms with E-state index in [2.05, 4.69) is 20.4 Å². The smallest absolute Gasteiger partial charge is 0.282 e. The summed E-state index contributed by atoms with van der Waals surface area (Å²) in [5.74, 6) is -0.328. The zero-order chi connectivity index (χ0) is 19.7. The average Bonchev–Trinajstić information content (AvgIpc) is 3.33. The summed E-state index contributed by atoms with van der Waals surface area (Å²) in [4.78, 5) is 20.9. The molecule has 0 aliphatic heterocycles. The highest BCUT2D eigenvalue weighted by atomic mass is 32.1. The maximum Gasteiger partial charge on any atom is 0.282 e. The Bertz CT molecular complexity index is 981. The van der Waals surface area contributed by atoms with Crippen molar-refractivity contribution < 1.29 is 18.7 Å². The second kappa shape index (κ2) is 7.88. The molecule has 1 aliphatic carbocycles. The number of aliphatic hydroxyl groups excluding tert-OH is 1. The van der Waals surface area contributed by atoms with Crippen molar-refractivity contribution in [3.05, 3.63) is 40.2 Å². The Kier molecular flexibility index (Phi) is 5.31. The minimum Gasteiger partial charge on any atom is -0.396 e. The van der Waals surface area contributed by atoms with E-state index in [-0.39, 0.29) is 23.3 Å². The summed E-state index contributed by atoms with van der Waals surface area (Å²) < 4.78 is 28.5. The summed E-state index contributed by atoms with van der Waals surface area (Å²) in [5.41, 5.74) is 0.303. The number of hydrogen-bond acceptors (Lipinski definition) is 6. The topological polar surface area (TPSA) is 92.4 Å². The number of rotatable bonds is 5. The first kappa shape index (κ1) is 18.9. The molecular weight excluding hydrogens is 388 g/mol. The van der Waals surface area contributed by atoms with Crippen LogP contribution in [0.2, 0.25) is 0 Å². The number of hydrogen-bond donors (Lipinski definition) is 2. The predicted molar refractivity (Wildman–Crippen MR) is 99.8 cm³/mol. The molecule has 3 aromatic heterocycles. The lowest BCUT2D eigenvalue weighted by molar-refractivity contribution is 0.101. The number of fused-ring (bicyclic) bond motifs is 1. The number of halogens is 2. The van der Waals surface area contributed by atoms with Gasteiger partial charge in [-0.1, -0.05) is 0 Å². The van der Waals surface area contributed by atoms with Gasteiger partial charge in [0, 0.05) is 24.9 Å². The maximum atomic E-state index is 13.5. The molecule has 0 saturated heterocycles. The predicted octanol–water partition coefficient (Wildman–Crippen LogP) is 3.64. The largest absolute Gasteiger partial charge is 0.396 e. The molecule has 10 heteroatoms. The Hall–Kier alpha value is -2.46. The van der Waals surface area contributed by atoms with Gasteiger partial charge in [0.25, 0.3) is 12.3 Å². The number of nitrogens with zero attached hydrogens (tertiary/aromatic N) is 4. The van der Waals surface area contributed by atoms with Crippen LogP contribution in [0.1, 0.15) is 58.4 Å². The van der Waals surface area contributed by atoms with Gasteiger partial charge in [0.15, 0.2) is 5.65 Å². The van der Waals surface area contributed by atoms with E-state index < -0.39 is 18.0 Å². The molecule has 7 nitrogen and oxygen atoms in total. The van der Waals surface area contributed by atoms with Gasteiger partial charge < -0.3 is 10.4 Å². The average molecular weight is 407 g/mol. The van der Waals surface area contributed by atoms with E-state index in [0.717, 1.165) is 37.0 Å². The summed E-state index contributed by atoms with van der Waals surface area (Å²) in [5, 5.41) is 16.5. The van der Waals surface area contributed by atoms with Gasteiger partial charge in [-0.05, 0) is 37.7 Å². The molecule has 1 saturated carbocycles. The fourth-order valence-corrected chi connectivity index (χ4v) is 4.66. The molecule has 1 fully saturated rings. The molecule has 1 amide bonds. The monoisotopic (exact) mass is 407 g/mol. The van der Waals surface area contributed by atoms with E-state index in [9.17, 15) is 18.7 Å². The van der Waals surface area contributed by atoms with Gasteiger partial charge in [-0.3, -0.25) is 4.79 Å². The van der Waals surface area contributed by atoms with E-state index in [1.165, 1.54) is 10.7 Å². The Morgan fingerprint density at radius 2 is 2.14 bits per heavy atom. The first-order valence-electron chi connectivity index (χ1n) is 9.06. The second-order valence-corrected chi connectivity index (χ2v) is 7.90. The number of aromatic nitrogens is 4. The summed E-state index contributed by atoms with van der Waals surface area (Å²) in [7, 11) is 0. The van der Waals surface area contributed by atoms with Gasteiger partial charge in [-0.2, -0.15) is 5.10 Å². The molecule has 3 aromatic rings. The molecule has 28 heavy (non-hydrogen) atoms. The van der Waals surface area contributed by atoms with Gasteiger partial charge in [0.1, 0.15) is 16.3 Å². The van der Waals surface area contributed by atoms with Gasteiger partial charge in [-0.15, -0.1) is 11.3 Å².